The number of carbonyl (C=O) groups excluding carboxylic acids is 13. The van der Waals surface area contributed by atoms with Crippen molar-refractivity contribution in [2.45, 2.75) is 208 Å². The van der Waals surface area contributed by atoms with Crippen molar-refractivity contribution in [2.24, 2.45) is 29.6 Å². The van der Waals surface area contributed by atoms with Gasteiger partial charge in [-0.05, 0) is 132 Å². The lowest BCUT2D eigenvalue weighted by Gasteiger charge is -2.43. The van der Waals surface area contributed by atoms with Crippen LogP contribution in [0.3, 0.4) is 0 Å². The highest BCUT2D eigenvalue weighted by molar-refractivity contribution is 6.32. The lowest BCUT2D eigenvalue weighted by molar-refractivity contribution is -0.223. The fourth-order valence-corrected chi connectivity index (χ4v) is 15.2. The van der Waals surface area contributed by atoms with E-state index in [1.54, 1.807) is 39.8 Å². The maximum Gasteiger partial charge on any atom is 0.410 e. The van der Waals surface area contributed by atoms with Crippen molar-refractivity contribution in [3.05, 3.63) is 135 Å². The summed E-state index contributed by atoms with van der Waals surface area (Å²) in [6.07, 6.45) is -1.47. The number of hydrogen-bond acceptors (Lipinski definition) is 22. The number of likely N-dealkylation sites (N-methyl/N-ethyl adjacent to an activating group) is 1. The summed E-state index contributed by atoms with van der Waals surface area (Å²) >= 11 is 14.8. The molecule has 1 fully saturated rings. The molecular formula is C86H102Cl2N6O22. The second-order valence-corrected chi connectivity index (χ2v) is 31.4. The summed E-state index contributed by atoms with van der Waals surface area (Å²) < 4.78 is 56.3. The van der Waals surface area contributed by atoms with Gasteiger partial charge in [0.25, 0.3) is 0 Å². The van der Waals surface area contributed by atoms with Gasteiger partial charge in [-0.1, -0.05) is 134 Å². The minimum absolute atomic E-state index is 0.00525. The molecule has 0 aliphatic carbocycles. The van der Waals surface area contributed by atoms with E-state index < -0.39 is 169 Å². The van der Waals surface area contributed by atoms with E-state index >= 15 is 28.8 Å². The number of rotatable bonds is 23. The van der Waals surface area contributed by atoms with Crippen LogP contribution in [0.4, 0.5) is 4.79 Å². The number of esters is 4. The lowest BCUT2D eigenvalue weighted by atomic mass is 9.79. The molecule has 0 radical (unpaired) electrons. The summed E-state index contributed by atoms with van der Waals surface area (Å²) in [6.45, 7) is 23.0. The molecule has 5 aromatic rings. The molecule has 0 spiro atoms. The van der Waals surface area contributed by atoms with Crippen LogP contribution in [-0.2, 0) is 76.5 Å². The van der Waals surface area contributed by atoms with Gasteiger partial charge in [0.05, 0.1) is 28.0 Å². The van der Waals surface area contributed by atoms with Crippen molar-refractivity contribution in [1.82, 2.24) is 31.5 Å². The Kier molecular flexibility index (Phi) is 30.6. The molecule has 6 aliphatic heterocycles. The fraction of sp³-hybridized carbons (Fsp3) is 0.477. The van der Waals surface area contributed by atoms with Crippen molar-refractivity contribution in [3.8, 4) is 51.4 Å². The molecule has 6 amide bonds. The highest BCUT2D eigenvalue weighted by atomic mass is 35.5. The molecule has 11 bridgehead atoms. The number of hydrogen-bond donors (Lipinski definition) is 5. The van der Waals surface area contributed by atoms with Crippen molar-refractivity contribution in [3.63, 3.8) is 0 Å². The Balaban J connectivity index is 1.36. The Morgan fingerprint density at radius 3 is 1.91 bits per heavy atom. The van der Waals surface area contributed by atoms with Gasteiger partial charge in [-0.2, -0.15) is 0 Å². The lowest BCUT2D eigenvalue weighted by Crippen LogP contribution is -2.55. The zero-order valence-electron chi connectivity index (χ0n) is 67.6. The molecule has 6 heterocycles. The Bertz CT molecular complexity index is 4620. The number of unbranched alkanes of at least 4 members (excludes halogenated alkanes) is 4. The molecule has 116 heavy (non-hydrogen) atoms. The molecule has 11 rings (SSSR count). The third-order valence-electron chi connectivity index (χ3n) is 21.3. The van der Waals surface area contributed by atoms with E-state index in [4.69, 9.17) is 65.8 Å². The molecule has 6 aliphatic rings. The quantitative estimate of drug-likeness (QED) is 0.0133. The molecule has 622 valence electrons. The Morgan fingerprint density at radius 2 is 1.30 bits per heavy atom. The minimum Gasteiger partial charge on any atom is -0.463 e. The van der Waals surface area contributed by atoms with Crippen molar-refractivity contribution >= 4 is 100 Å². The fourth-order valence-electron chi connectivity index (χ4n) is 14.7. The van der Waals surface area contributed by atoms with E-state index in [0.29, 0.717) is 24.0 Å². The topological polar surface area (TPSA) is 368 Å². The number of nitrogens with zero attached hydrogens (tertiary/aromatic N) is 1. The SMILES string of the molecule is C=CCOC(=O)N(C)[C@H](CC(C)C)C(=O)N[C@H]1C(=O)C[C@@H](CNC(=O)CCCCCCC)C(=O)N[C@H]2C(=O)C[C@H]3C(=O)N[C@@H](C(=O)N[C@H](C(C)=O)c4cc(C)cc(OC(C)=O)c4-c4cc3ccc4OC(C)=O)[C@H](C)c3ccc(c(Cl)c3)Oc3cc2cc(c3OC2OC(COC(C)=O)C(C)C(C)C2C)Oc2ccc(cc2Cl)[C@H]1OC(C)=O. The normalized spacial score (nSPS) is 22.9. The summed E-state index contributed by atoms with van der Waals surface area (Å²) in [6, 6.07) is 9.85. The number of ketones is 3. The molecule has 5 N–H and O–H groups in total. The first-order chi connectivity index (χ1) is 55.0. The standard InChI is InChI=1S/C86H102Cl2N6O22/c1-16-18-19-20-21-22-73(102)89-40-57-36-64(100)78(93-83(105)63(30-42(3)4)94(15)86(107)108-29-17-2)79(112-52(14)99)55-25-28-68(62(88)35-55)114-71-38-56-37-70(80(71)116-85-46(8)44(6)45(7)72(115-85)41-109-49(11)96)113-67-27-23-53(34-61(67)87)47(9)75-84(106)91-76(48(10)95)60-31-43(5)32-69(111-51(13)98)74(60)59-33-54(24-26-66(59)110-50(12)97)58(82(104)90-75)39-65(101)77(56)92-81(57)103/h17,23-28,31-35,37-38,42,44-47,57-58,63,72,75-79,85H,2,16,18-22,29-30,36,39-41H2,1,3-15H3,(H,89,102)(H,90,104)(H,91,106)(H,92,103)(H,93,105)/t44?,45?,46?,47-,57+,58-,63-,72?,75-,76-,77-,78+,79-,85?/m1/s1. The second-order valence-electron chi connectivity index (χ2n) is 30.6. The number of benzene rings is 5. The second kappa shape index (κ2) is 39.8. The van der Waals surface area contributed by atoms with E-state index in [1.807, 2.05) is 27.7 Å². The first kappa shape index (κ1) is 89.2. The van der Waals surface area contributed by atoms with E-state index in [-0.39, 0.29) is 127 Å². The Hall–Kier alpha value is -10.7. The number of fused-ring (bicyclic) bond motifs is 15. The maximum atomic E-state index is 16.8. The Morgan fingerprint density at radius 1 is 0.664 bits per heavy atom. The first-order valence-corrected chi connectivity index (χ1v) is 39.7. The number of Topliss-reactive ketones (excluding diaryl/α,β-unsaturated/α-hetero) is 3. The van der Waals surface area contributed by atoms with Gasteiger partial charge in [0, 0.05) is 83.5 Å². The van der Waals surface area contributed by atoms with Crippen LogP contribution in [0.25, 0.3) is 11.1 Å². The number of carbonyl (C=O) groups is 13. The smallest absolute Gasteiger partial charge is 0.410 e. The highest BCUT2D eigenvalue weighted by Gasteiger charge is 2.46. The number of halogens is 2. The zero-order chi connectivity index (χ0) is 84.8. The van der Waals surface area contributed by atoms with Crippen LogP contribution in [0.15, 0.2) is 91.5 Å². The van der Waals surface area contributed by atoms with Crippen LogP contribution in [0.2, 0.25) is 10.0 Å². The summed E-state index contributed by atoms with van der Waals surface area (Å²) in [5.41, 5.74) is 0.526. The maximum absolute atomic E-state index is 16.8. The molecule has 14 atom stereocenters. The third-order valence-corrected chi connectivity index (χ3v) is 21.9. The zero-order valence-corrected chi connectivity index (χ0v) is 69.1. The average Bonchev–Trinajstić information content (AvgIpc) is 0.762. The van der Waals surface area contributed by atoms with Crippen molar-refractivity contribution in [2.75, 3.05) is 26.8 Å². The Labute approximate surface area is 684 Å². The minimum atomic E-state index is -2.04. The largest absolute Gasteiger partial charge is 0.463 e. The van der Waals surface area contributed by atoms with Crippen molar-refractivity contribution in [1.29, 1.82) is 0 Å². The summed E-state index contributed by atoms with van der Waals surface area (Å²) in [5.74, 6) is -17.5. The predicted molar refractivity (Wildman–Crippen MR) is 426 cm³/mol. The average molecular weight is 1640 g/mol. The van der Waals surface area contributed by atoms with Gasteiger partial charge >= 0.3 is 30.0 Å². The van der Waals surface area contributed by atoms with Gasteiger partial charge in [0.2, 0.25) is 41.6 Å². The van der Waals surface area contributed by atoms with E-state index in [0.717, 1.165) is 44.9 Å². The molecular weight excluding hydrogens is 1540 g/mol. The first-order valence-electron chi connectivity index (χ1n) is 38.9. The summed E-state index contributed by atoms with van der Waals surface area (Å²) in [5, 5.41) is 13.8. The van der Waals surface area contributed by atoms with E-state index in [1.165, 1.54) is 93.7 Å². The summed E-state index contributed by atoms with van der Waals surface area (Å²) in [7, 11) is 1.32. The third kappa shape index (κ3) is 22.1. The van der Waals surface area contributed by atoms with Crippen LogP contribution in [-0.4, -0.2) is 139 Å². The number of amides is 6. The number of aryl methyl sites for hydroxylation is 1. The molecule has 5 aromatic carbocycles. The molecule has 28 nitrogen and oxygen atoms in total. The van der Waals surface area contributed by atoms with E-state index in [2.05, 4.69) is 33.2 Å². The number of ether oxygens (including phenoxy) is 9. The van der Waals surface area contributed by atoms with Gasteiger partial charge < -0.3 is 69.2 Å². The highest BCUT2D eigenvalue weighted by Crippen LogP contribution is 2.51. The summed E-state index contributed by atoms with van der Waals surface area (Å²) in [4.78, 5) is 192. The van der Waals surface area contributed by atoms with Gasteiger partial charge in [-0.15, -0.1) is 0 Å². The molecule has 1 saturated heterocycles. The molecule has 0 saturated carbocycles. The van der Waals surface area contributed by atoms with E-state index in [9.17, 15) is 33.6 Å². The van der Waals surface area contributed by atoms with Gasteiger partial charge in [0.15, 0.2) is 35.0 Å². The number of nitrogens with one attached hydrogen (secondary N) is 5. The van der Waals surface area contributed by atoms with Gasteiger partial charge in [-0.25, -0.2) is 4.79 Å². The molecule has 5 unspecified atom stereocenters. The van der Waals surface area contributed by atoms with Gasteiger partial charge in [-0.3, -0.25) is 62.4 Å². The molecule has 0 aromatic heterocycles. The van der Waals surface area contributed by atoms with Crippen LogP contribution in [0.1, 0.15) is 204 Å². The van der Waals surface area contributed by atoms with Crippen LogP contribution in [0, 0.1) is 36.5 Å². The predicted octanol–water partition coefficient (Wildman–Crippen LogP) is 13.1. The van der Waals surface area contributed by atoms with Crippen LogP contribution in [0.5, 0.6) is 40.2 Å². The monoisotopic (exact) mass is 1640 g/mol. The van der Waals surface area contributed by atoms with Crippen molar-refractivity contribution < 1.29 is 105 Å². The molecule has 30 heteroatoms. The van der Waals surface area contributed by atoms with Crippen LogP contribution >= 0.6 is 23.2 Å². The van der Waals surface area contributed by atoms with Crippen LogP contribution < -0.4 is 50.3 Å². The van der Waals surface area contributed by atoms with Gasteiger partial charge in [0.1, 0.15) is 66.4 Å².